The summed E-state index contributed by atoms with van der Waals surface area (Å²) in [4.78, 5) is 11.5. The van der Waals surface area contributed by atoms with Crippen LogP contribution in [0.2, 0.25) is 0 Å². The van der Waals surface area contributed by atoms with Gasteiger partial charge in [-0.15, -0.1) is 0 Å². The van der Waals surface area contributed by atoms with Gasteiger partial charge >= 0.3 is 0 Å². The van der Waals surface area contributed by atoms with E-state index in [1.807, 2.05) is 0 Å². The van der Waals surface area contributed by atoms with Gasteiger partial charge in [-0.2, -0.15) is 0 Å². The molecule has 0 aliphatic carbocycles. The quantitative estimate of drug-likeness (QED) is 0.290. The summed E-state index contributed by atoms with van der Waals surface area (Å²) in [6, 6.07) is 0. The third-order valence-corrected chi connectivity index (χ3v) is 4.50. The Kier molecular flexibility index (Phi) is 11.4. The van der Waals surface area contributed by atoms with Gasteiger partial charge in [0.25, 0.3) is 0 Å². The molecule has 0 aromatic rings. The molecule has 0 saturated heterocycles. The van der Waals surface area contributed by atoms with Crippen LogP contribution in [0.4, 0.5) is 0 Å². The Balaban J connectivity index is 0. The highest BCUT2D eigenvalue weighted by Crippen LogP contribution is 2.21. The normalized spacial score (nSPS) is 12.2. The molecule has 0 saturated carbocycles. The van der Waals surface area contributed by atoms with E-state index < -0.39 is 10.4 Å². The minimum atomic E-state index is -4.41. The van der Waals surface area contributed by atoms with E-state index in [-0.39, 0.29) is 11.3 Å². The zero-order valence-corrected chi connectivity index (χ0v) is 17.0. The first-order valence-electron chi connectivity index (χ1n) is 8.08. The molecule has 0 fully saturated rings. The van der Waals surface area contributed by atoms with E-state index in [0.29, 0.717) is 12.1 Å². The first-order valence-corrected chi connectivity index (χ1v) is 9.41. The summed E-state index contributed by atoms with van der Waals surface area (Å²) in [7, 11) is -3.60. The van der Waals surface area contributed by atoms with Crippen molar-refractivity contribution < 1.29 is 26.4 Å². The zero-order chi connectivity index (χ0) is 19.6. The molecule has 0 rings (SSSR count). The fourth-order valence-electron chi connectivity index (χ4n) is 2.44. The monoisotopic (exact) mass is 366 g/mol. The second kappa shape index (κ2) is 10.8. The van der Waals surface area contributed by atoms with Gasteiger partial charge in [-0.3, -0.25) is 8.98 Å². The molecule has 7 nitrogen and oxygen atoms in total. The summed E-state index contributed by atoms with van der Waals surface area (Å²) in [5.41, 5.74) is 0.681. The van der Waals surface area contributed by atoms with Crippen LogP contribution in [0.1, 0.15) is 41.5 Å². The van der Waals surface area contributed by atoms with Crippen LogP contribution in [-0.4, -0.2) is 63.2 Å². The summed E-state index contributed by atoms with van der Waals surface area (Å²) in [6.07, 6.45) is 0. The summed E-state index contributed by atoms with van der Waals surface area (Å²) in [5.74, 6) is -0.0364. The Hall–Kier alpha value is -0.960. The Bertz CT molecular complexity index is 488. The Morgan fingerprint density at radius 1 is 1.21 bits per heavy atom. The molecule has 8 heteroatoms. The average molecular weight is 367 g/mol. The highest BCUT2D eigenvalue weighted by Gasteiger charge is 2.31. The van der Waals surface area contributed by atoms with Gasteiger partial charge in [0, 0.05) is 17.5 Å². The van der Waals surface area contributed by atoms with Gasteiger partial charge < -0.3 is 14.4 Å². The number of carbonyl (C=O) groups excluding carboxylic acids is 1. The van der Waals surface area contributed by atoms with Crippen LogP contribution in [0.3, 0.4) is 0 Å². The van der Waals surface area contributed by atoms with Crippen LogP contribution in [0, 0.1) is 5.41 Å². The van der Waals surface area contributed by atoms with Crippen molar-refractivity contribution >= 4 is 16.3 Å². The molecule has 0 spiro atoms. The third-order valence-electron chi connectivity index (χ3n) is 4.10. The van der Waals surface area contributed by atoms with E-state index in [9.17, 15) is 17.8 Å². The van der Waals surface area contributed by atoms with Crippen molar-refractivity contribution in [3.63, 3.8) is 0 Å². The lowest BCUT2D eigenvalue weighted by Crippen LogP contribution is -2.54. The number of nitrogens with zero attached hydrogens (tertiary/aromatic N) is 1. The number of amides is 1. The minimum Gasteiger partial charge on any atom is -0.726 e. The molecule has 0 aromatic carbocycles. The fraction of sp³-hybridized carbons (Fsp3) is 0.812. The van der Waals surface area contributed by atoms with Crippen molar-refractivity contribution in [2.75, 3.05) is 39.8 Å². The molecule has 0 aromatic heterocycles. The molecular weight excluding hydrogens is 332 g/mol. The number of quaternary nitrogens is 1. The molecule has 24 heavy (non-hydrogen) atoms. The van der Waals surface area contributed by atoms with Crippen LogP contribution in [0.15, 0.2) is 12.2 Å². The summed E-state index contributed by atoms with van der Waals surface area (Å²) in [5, 5.41) is 2.97. The van der Waals surface area contributed by atoms with E-state index in [4.69, 9.17) is 0 Å². The van der Waals surface area contributed by atoms with Gasteiger partial charge in [0.15, 0.2) is 0 Å². The lowest BCUT2D eigenvalue weighted by atomic mass is 9.91. The fourth-order valence-corrected chi connectivity index (χ4v) is 2.44. The van der Waals surface area contributed by atoms with Gasteiger partial charge in [-0.05, 0) is 27.7 Å². The zero-order valence-electron chi connectivity index (χ0n) is 16.1. The molecule has 0 aliphatic heterocycles. The Labute approximate surface area is 147 Å². The lowest BCUT2D eigenvalue weighted by molar-refractivity contribution is -0.928. The summed E-state index contributed by atoms with van der Waals surface area (Å²) < 4.78 is 32.1. The summed E-state index contributed by atoms with van der Waals surface area (Å²) in [6.45, 7) is 21.8. The predicted octanol–water partition coefficient (Wildman–Crippen LogP) is 1.67. The minimum absolute atomic E-state index is 0.0364. The maximum Gasteiger partial charge on any atom is 0.246 e. The standard InChI is InChI=1S/C15H30N2O.CH4O4S/c1-8-17(9-2,10-3)12-15(6,7)11-16-14(18)13(4)5;1-5-6(2,3)4/h4,8-12H2,1-3,5-7H3;1H3,(H,2,3,4). The third kappa shape index (κ3) is 11.6. The van der Waals surface area contributed by atoms with Crippen molar-refractivity contribution in [1.29, 1.82) is 0 Å². The van der Waals surface area contributed by atoms with Crippen LogP contribution >= 0.6 is 0 Å². The van der Waals surface area contributed by atoms with Crippen molar-refractivity contribution in [3.05, 3.63) is 12.2 Å². The predicted molar refractivity (Wildman–Crippen MR) is 95.1 cm³/mol. The van der Waals surface area contributed by atoms with Crippen LogP contribution < -0.4 is 5.32 Å². The lowest BCUT2D eigenvalue weighted by Gasteiger charge is -2.42. The highest BCUT2D eigenvalue weighted by molar-refractivity contribution is 7.80. The van der Waals surface area contributed by atoms with Gasteiger partial charge in [-0.25, -0.2) is 8.42 Å². The number of nitrogens with one attached hydrogen (secondary N) is 1. The molecule has 144 valence electrons. The van der Waals surface area contributed by atoms with Gasteiger partial charge in [0.1, 0.15) is 0 Å². The molecule has 0 bridgehead atoms. The SMILES string of the molecule is C=C(C)C(=O)NCC(C)(C)C[N+](CC)(CC)CC.COS(=O)(=O)[O-]. The Morgan fingerprint density at radius 2 is 1.58 bits per heavy atom. The first kappa shape index (κ1) is 25.3. The first-order chi connectivity index (χ1) is 10.8. The van der Waals surface area contributed by atoms with Crippen molar-refractivity contribution in [2.45, 2.75) is 41.5 Å². The van der Waals surface area contributed by atoms with Gasteiger partial charge in [-0.1, -0.05) is 20.4 Å². The molecule has 0 atom stereocenters. The number of hydrogen-bond donors (Lipinski definition) is 1. The van der Waals surface area contributed by atoms with E-state index in [0.717, 1.165) is 37.8 Å². The van der Waals surface area contributed by atoms with Crippen LogP contribution in [0.25, 0.3) is 0 Å². The van der Waals surface area contributed by atoms with Crippen LogP contribution in [0.5, 0.6) is 0 Å². The second-order valence-electron chi connectivity index (χ2n) is 6.65. The topological polar surface area (TPSA) is 95.5 Å². The molecule has 0 radical (unpaired) electrons. The number of carbonyl (C=O) groups is 1. The van der Waals surface area contributed by atoms with Gasteiger partial charge in [0.2, 0.25) is 16.3 Å². The summed E-state index contributed by atoms with van der Waals surface area (Å²) >= 11 is 0. The average Bonchev–Trinajstić information content (AvgIpc) is 2.50. The van der Waals surface area contributed by atoms with E-state index in [1.54, 1.807) is 6.92 Å². The maximum absolute atomic E-state index is 11.5. The van der Waals surface area contributed by atoms with Crippen LogP contribution in [-0.2, 0) is 19.4 Å². The number of hydrogen-bond acceptors (Lipinski definition) is 5. The smallest absolute Gasteiger partial charge is 0.246 e. The molecule has 0 aliphatic rings. The van der Waals surface area contributed by atoms with Crippen molar-refractivity contribution in [3.8, 4) is 0 Å². The highest BCUT2D eigenvalue weighted by atomic mass is 32.3. The van der Waals surface area contributed by atoms with Gasteiger partial charge in [0.05, 0.1) is 33.3 Å². The maximum atomic E-state index is 11.5. The molecule has 1 N–H and O–H groups in total. The largest absolute Gasteiger partial charge is 0.726 e. The van der Waals surface area contributed by atoms with Crippen molar-refractivity contribution in [1.82, 2.24) is 5.32 Å². The van der Waals surface area contributed by atoms with E-state index in [2.05, 4.69) is 50.7 Å². The Morgan fingerprint density at radius 3 is 1.83 bits per heavy atom. The number of rotatable bonds is 9. The van der Waals surface area contributed by atoms with E-state index >= 15 is 0 Å². The van der Waals surface area contributed by atoms with E-state index in [1.165, 1.54) is 0 Å². The second-order valence-corrected chi connectivity index (χ2v) is 7.80. The molecule has 1 amide bonds. The molecule has 0 unspecified atom stereocenters. The molecular formula is C16H34N2O5S. The molecule has 0 heterocycles. The van der Waals surface area contributed by atoms with Crippen molar-refractivity contribution in [2.24, 2.45) is 5.41 Å².